The van der Waals surface area contributed by atoms with E-state index in [9.17, 15) is 4.79 Å². The summed E-state index contributed by atoms with van der Waals surface area (Å²) in [5, 5.41) is 2.00. The quantitative estimate of drug-likeness (QED) is 0.793. The molecule has 1 aliphatic heterocycles. The SMILES string of the molecule is CCc1nc(N2CCN(C(=O)C3CCC3)CC2)c2cc(Cl)cc(Cl)c2n1. The number of fused-ring (bicyclic) bond motifs is 1. The van der Waals surface area contributed by atoms with E-state index in [0.29, 0.717) is 16.0 Å². The summed E-state index contributed by atoms with van der Waals surface area (Å²) in [6.45, 7) is 5.02. The van der Waals surface area contributed by atoms with Crippen LogP contribution in [0.3, 0.4) is 0 Å². The van der Waals surface area contributed by atoms with Gasteiger partial charge < -0.3 is 9.80 Å². The van der Waals surface area contributed by atoms with Crippen LogP contribution >= 0.6 is 23.2 Å². The summed E-state index contributed by atoms with van der Waals surface area (Å²) in [5.41, 5.74) is 0.742. The lowest BCUT2D eigenvalue weighted by Gasteiger charge is -2.39. The van der Waals surface area contributed by atoms with Gasteiger partial charge in [0.05, 0.1) is 10.5 Å². The number of carbonyl (C=O) groups excluding carboxylic acids is 1. The number of aryl methyl sites for hydroxylation is 1. The van der Waals surface area contributed by atoms with Crippen molar-refractivity contribution >= 4 is 45.8 Å². The molecule has 7 heteroatoms. The number of rotatable bonds is 3. The Morgan fingerprint density at radius 3 is 2.50 bits per heavy atom. The van der Waals surface area contributed by atoms with Gasteiger partial charge in [-0.15, -0.1) is 0 Å². The topological polar surface area (TPSA) is 49.3 Å². The number of piperazine rings is 1. The maximum atomic E-state index is 12.5. The molecule has 5 nitrogen and oxygen atoms in total. The van der Waals surface area contributed by atoms with Crippen molar-refractivity contribution < 1.29 is 4.79 Å². The van der Waals surface area contributed by atoms with E-state index in [1.165, 1.54) is 6.42 Å². The Bertz CT molecular complexity index is 845. The fourth-order valence-electron chi connectivity index (χ4n) is 3.64. The lowest BCUT2D eigenvalue weighted by Crippen LogP contribution is -2.51. The average Bonchev–Trinajstić information content (AvgIpc) is 2.59. The third-order valence-electron chi connectivity index (χ3n) is 5.41. The zero-order chi connectivity index (χ0) is 18.3. The van der Waals surface area contributed by atoms with Crippen molar-refractivity contribution in [2.75, 3.05) is 31.1 Å². The van der Waals surface area contributed by atoms with Crippen LogP contribution in [0.4, 0.5) is 5.82 Å². The summed E-state index contributed by atoms with van der Waals surface area (Å²) in [7, 11) is 0. The molecule has 2 heterocycles. The van der Waals surface area contributed by atoms with Gasteiger partial charge in [-0.05, 0) is 25.0 Å². The van der Waals surface area contributed by atoms with Crippen molar-refractivity contribution in [1.82, 2.24) is 14.9 Å². The smallest absolute Gasteiger partial charge is 0.225 e. The van der Waals surface area contributed by atoms with Crippen molar-refractivity contribution in [3.8, 4) is 0 Å². The fourth-order valence-corrected chi connectivity index (χ4v) is 4.17. The fraction of sp³-hybridized carbons (Fsp3) is 0.526. The number of benzene rings is 1. The molecule has 1 aromatic carbocycles. The molecule has 0 N–H and O–H groups in total. The van der Waals surface area contributed by atoms with Gasteiger partial charge in [0.25, 0.3) is 0 Å². The van der Waals surface area contributed by atoms with E-state index in [4.69, 9.17) is 28.2 Å². The van der Waals surface area contributed by atoms with Crippen LogP contribution < -0.4 is 4.90 Å². The van der Waals surface area contributed by atoms with Gasteiger partial charge in [0.1, 0.15) is 11.6 Å². The lowest BCUT2D eigenvalue weighted by molar-refractivity contribution is -0.138. The molecule has 26 heavy (non-hydrogen) atoms. The molecule has 1 saturated heterocycles. The zero-order valence-corrected chi connectivity index (χ0v) is 16.4. The highest BCUT2D eigenvalue weighted by molar-refractivity contribution is 6.38. The molecule has 2 aromatic rings. The Balaban J connectivity index is 1.61. The number of nitrogens with zero attached hydrogens (tertiary/aromatic N) is 4. The maximum absolute atomic E-state index is 12.5. The van der Waals surface area contributed by atoms with Crippen molar-refractivity contribution in [1.29, 1.82) is 0 Å². The van der Waals surface area contributed by atoms with Crippen LogP contribution in [0.25, 0.3) is 10.9 Å². The van der Waals surface area contributed by atoms with E-state index in [-0.39, 0.29) is 5.92 Å². The van der Waals surface area contributed by atoms with Gasteiger partial charge in [-0.25, -0.2) is 9.97 Å². The minimum Gasteiger partial charge on any atom is -0.352 e. The second kappa shape index (κ2) is 7.20. The first-order valence-corrected chi connectivity index (χ1v) is 10.0. The molecule has 1 aliphatic carbocycles. The van der Waals surface area contributed by atoms with E-state index in [0.717, 1.165) is 68.0 Å². The lowest BCUT2D eigenvalue weighted by atomic mass is 9.84. The number of aromatic nitrogens is 2. The second-order valence-electron chi connectivity index (χ2n) is 7.04. The minimum absolute atomic E-state index is 0.255. The monoisotopic (exact) mass is 392 g/mol. The van der Waals surface area contributed by atoms with E-state index in [1.54, 1.807) is 6.07 Å². The van der Waals surface area contributed by atoms with E-state index in [2.05, 4.69) is 9.88 Å². The molecule has 0 atom stereocenters. The Morgan fingerprint density at radius 1 is 1.15 bits per heavy atom. The number of halogens is 2. The zero-order valence-electron chi connectivity index (χ0n) is 14.8. The summed E-state index contributed by atoms with van der Waals surface area (Å²) in [6.07, 6.45) is 4.02. The first kappa shape index (κ1) is 17.8. The summed E-state index contributed by atoms with van der Waals surface area (Å²) in [5.74, 6) is 2.21. The molecule has 0 spiro atoms. The van der Waals surface area contributed by atoms with Crippen LogP contribution in [-0.4, -0.2) is 47.0 Å². The minimum atomic E-state index is 0.255. The Hall–Kier alpha value is -1.59. The molecule has 4 rings (SSSR count). The summed E-state index contributed by atoms with van der Waals surface area (Å²) >= 11 is 12.6. The molecule has 0 bridgehead atoms. The van der Waals surface area contributed by atoms with Crippen LogP contribution in [0, 0.1) is 5.92 Å². The highest BCUT2D eigenvalue weighted by Crippen LogP contribution is 2.33. The number of carbonyl (C=O) groups is 1. The molecule has 1 amide bonds. The summed E-state index contributed by atoms with van der Waals surface area (Å²) in [6, 6.07) is 3.60. The molecule has 138 valence electrons. The van der Waals surface area contributed by atoms with Gasteiger partial charge in [-0.3, -0.25) is 4.79 Å². The maximum Gasteiger partial charge on any atom is 0.225 e. The number of hydrogen-bond acceptors (Lipinski definition) is 4. The highest BCUT2D eigenvalue weighted by Gasteiger charge is 2.31. The Kier molecular flexibility index (Phi) is 4.93. The van der Waals surface area contributed by atoms with Crippen LogP contribution in [0.5, 0.6) is 0 Å². The number of hydrogen-bond donors (Lipinski definition) is 0. The Labute approximate surface area is 163 Å². The molecule has 2 aliphatic rings. The summed E-state index contributed by atoms with van der Waals surface area (Å²) < 4.78 is 0. The van der Waals surface area contributed by atoms with Crippen molar-refractivity contribution in [2.45, 2.75) is 32.6 Å². The van der Waals surface area contributed by atoms with Crippen LogP contribution in [0.2, 0.25) is 10.0 Å². The van der Waals surface area contributed by atoms with Gasteiger partial charge in [-0.2, -0.15) is 0 Å². The highest BCUT2D eigenvalue weighted by atomic mass is 35.5. The molecule has 0 unspecified atom stereocenters. The average molecular weight is 393 g/mol. The van der Waals surface area contributed by atoms with Gasteiger partial charge in [0.2, 0.25) is 5.91 Å². The van der Waals surface area contributed by atoms with Crippen LogP contribution in [-0.2, 0) is 11.2 Å². The van der Waals surface area contributed by atoms with Crippen molar-refractivity contribution in [2.24, 2.45) is 5.92 Å². The first-order chi connectivity index (χ1) is 12.6. The van der Waals surface area contributed by atoms with Crippen LogP contribution in [0.1, 0.15) is 32.0 Å². The molecular formula is C19H22Cl2N4O. The van der Waals surface area contributed by atoms with Crippen molar-refractivity contribution in [3.05, 3.63) is 28.0 Å². The van der Waals surface area contributed by atoms with Crippen LogP contribution in [0.15, 0.2) is 12.1 Å². The molecular weight excluding hydrogens is 371 g/mol. The standard InChI is InChI=1S/C19H22Cl2N4O/c1-2-16-22-17-14(10-13(20)11-15(17)21)18(23-16)24-6-8-25(9-7-24)19(26)12-4-3-5-12/h10-12H,2-9H2,1H3. The number of anilines is 1. The van der Waals surface area contributed by atoms with Gasteiger partial charge in [0.15, 0.2) is 0 Å². The second-order valence-corrected chi connectivity index (χ2v) is 7.88. The molecule has 0 radical (unpaired) electrons. The summed E-state index contributed by atoms with van der Waals surface area (Å²) in [4.78, 5) is 26.0. The van der Waals surface area contributed by atoms with Gasteiger partial charge in [0, 0.05) is 48.9 Å². The van der Waals surface area contributed by atoms with Gasteiger partial charge >= 0.3 is 0 Å². The van der Waals surface area contributed by atoms with Crippen molar-refractivity contribution in [3.63, 3.8) is 0 Å². The third kappa shape index (κ3) is 3.23. The van der Waals surface area contributed by atoms with E-state index in [1.807, 2.05) is 17.9 Å². The van der Waals surface area contributed by atoms with E-state index >= 15 is 0 Å². The third-order valence-corrected chi connectivity index (χ3v) is 5.91. The molecule has 2 fully saturated rings. The Morgan fingerprint density at radius 2 is 1.88 bits per heavy atom. The molecule has 1 aromatic heterocycles. The predicted molar refractivity (Wildman–Crippen MR) is 105 cm³/mol. The normalized spacial score (nSPS) is 18.3. The largest absolute Gasteiger partial charge is 0.352 e. The van der Waals surface area contributed by atoms with Gasteiger partial charge in [-0.1, -0.05) is 36.5 Å². The predicted octanol–water partition coefficient (Wildman–Crippen LogP) is 3.95. The molecule has 1 saturated carbocycles. The first-order valence-electron chi connectivity index (χ1n) is 9.26. The van der Waals surface area contributed by atoms with E-state index < -0.39 is 0 Å². The number of amides is 1.